The molecule has 0 spiro atoms. The number of carbonyl (C=O) groups excluding carboxylic acids is 1. The molecule has 1 saturated heterocycles. The molecule has 6 atom stereocenters. The number of carbonyl (C=O) groups is 1. The van der Waals surface area contributed by atoms with E-state index in [0.717, 1.165) is 44.9 Å². The Bertz CT molecular complexity index is 515. The zero-order chi connectivity index (χ0) is 20.7. The van der Waals surface area contributed by atoms with Gasteiger partial charge in [0.2, 0.25) is 0 Å². The highest BCUT2D eigenvalue weighted by molar-refractivity contribution is 5.68. The zero-order valence-corrected chi connectivity index (χ0v) is 18.1. The van der Waals surface area contributed by atoms with Crippen LogP contribution in [0.1, 0.15) is 78.6 Å². The summed E-state index contributed by atoms with van der Waals surface area (Å²) < 4.78 is 10.8. The highest BCUT2D eigenvalue weighted by Crippen LogP contribution is 2.45. The Kier molecular flexibility index (Phi) is 8.97. The van der Waals surface area contributed by atoms with Crippen LogP contribution in [0.15, 0.2) is 12.2 Å². The molecule has 2 fully saturated rings. The first-order valence-electron chi connectivity index (χ1n) is 11.0. The fourth-order valence-electron chi connectivity index (χ4n) is 4.65. The first-order valence-corrected chi connectivity index (χ1v) is 11.0. The fraction of sp³-hybridized carbons (Fsp3) is 0.870. The van der Waals surface area contributed by atoms with Gasteiger partial charge in [-0.15, -0.1) is 0 Å². The van der Waals surface area contributed by atoms with E-state index < -0.39 is 12.2 Å². The predicted octanol–water partition coefficient (Wildman–Crippen LogP) is 4.01. The molecule has 1 aliphatic carbocycles. The molecule has 0 aromatic heterocycles. The van der Waals surface area contributed by atoms with Crippen molar-refractivity contribution in [2.75, 3.05) is 7.11 Å². The van der Waals surface area contributed by atoms with Crippen molar-refractivity contribution in [3.63, 3.8) is 0 Å². The van der Waals surface area contributed by atoms with E-state index in [-0.39, 0.29) is 29.5 Å². The van der Waals surface area contributed by atoms with Crippen LogP contribution in [0.25, 0.3) is 0 Å². The number of fused-ring (bicyclic) bond motifs is 1. The number of esters is 1. The molecule has 28 heavy (non-hydrogen) atoms. The predicted molar refractivity (Wildman–Crippen MR) is 110 cm³/mol. The summed E-state index contributed by atoms with van der Waals surface area (Å²) in [5.41, 5.74) is -0.149. The lowest BCUT2D eigenvalue weighted by Gasteiger charge is -2.29. The van der Waals surface area contributed by atoms with Gasteiger partial charge >= 0.3 is 5.97 Å². The highest BCUT2D eigenvalue weighted by atomic mass is 16.5. The zero-order valence-electron chi connectivity index (χ0n) is 18.1. The number of aliphatic hydroxyl groups is 2. The van der Waals surface area contributed by atoms with E-state index >= 15 is 0 Å². The summed E-state index contributed by atoms with van der Waals surface area (Å²) >= 11 is 0. The van der Waals surface area contributed by atoms with Crippen molar-refractivity contribution in [3.8, 4) is 0 Å². The molecule has 5 heteroatoms. The van der Waals surface area contributed by atoms with Crippen LogP contribution >= 0.6 is 0 Å². The second kappa shape index (κ2) is 10.7. The maximum absolute atomic E-state index is 11.2. The number of ether oxygens (including phenoxy) is 2. The van der Waals surface area contributed by atoms with Gasteiger partial charge in [0.15, 0.2) is 0 Å². The van der Waals surface area contributed by atoms with Gasteiger partial charge in [0, 0.05) is 18.8 Å². The molecule has 0 amide bonds. The average molecular weight is 397 g/mol. The lowest BCUT2D eigenvalue weighted by Crippen LogP contribution is -2.28. The number of rotatable bonds is 11. The molecule has 0 aromatic rings. The Morgan fingerprint density at radius 1 is 1.29 bits per heavy atom. The number of methoxy groups -OCH3 is 1. The summed E-state index contributed by atoms with van der Waals surface area (Å²) in [6, 6.07) is 0. The Morgan fingerprint density at radius 2 is 2.04 bits per heavy atom. The van der Waals surface area contributed by atoms with Gasteiger partial charge in [0.25, 0.3) is 0 Å². The minimum absolute atomic E-state index is 0.0571. The van der Waals surface area contributed by atoms with Crippen molar-refractivity contribution in [1.29, 1.82) is 0 Å². The third-order valence-corrected chi connectivity index (χ3v) is 6.67. The van der Waals surface area contributed by atoms with Crippen LogP contribution in [-0.4, -0.2) is 47.7 Å². The number of hydrogen-bond acceptors (Lipinski definition) is 5. The van der Waals surface area contributed by atoms with Gasteiger partial charge in [0.1, 0.15) is 0 Å². The number of hydrogen-bond donors (Lipinski definition) is 2. The fourth-order valence-corrected chi connectivity index (χ4v) is 4.65. The lowest BCUT2D eigenvalue weighted by molar-refractivity contribution is -0.140. The van der Waals surface area contributed by atoms with Gasteiger partial charge in [-0.1, -0.05) is 52.2 Å². The van der Waals surface area contributed by atoms with E-state index in [9.17, 15) is 15.0 Å². The summed E-state index contributed by atoms with van der Waals surface area (Å²) in [6.07, 6.45) is 11.4. The monoisotopic (exact) mass is 396 g/mol. The molecule has 0 aromatic carbocycles. The van der Waals surface area contributed by atoms with Crippen LogP contribution in [0.3, 0.4) is 0 Å². The van der Waals surface area contributed by atoms with Gasteiger partial charge in [0.05, 0.1) is 31.5 Å². The molecular weight excluding hydrogens is 356 g/mol. The normalized spacial score (nSPS) is 31.3. The average Bonchev–Trinajstić information content (AvgIpc) is 3.17. The van der Waals surface area contributed by atoms with E-state index in [4.69, 9.17) is 4.74 Å². The molecule has 1 aliphatic heterocycles. The first kappa shape index (κ1) is 23.4. The smallest absolute Gasteiger partial charge is 0.305 e. The summed E-state index contributed by atoms with van der Waals surface area (Å²) in [4.78, 5) is 11.2. The second-order valence-corrected chi connectivity index (χ2v) is 9.32. The van der Waals surface area contributed by atoms with E-state index in [1.54, 1.807) is 0 Å². The molecular formula is C23H40O5. The molecule has 1 saturated carbocycles. The molecule has 1 heterocycles. The van der Waals surface area contributed by atoms with E-state index in [1.165, 1.54) is 7.11 Å². The van der Waals surface area contributed by atoms with Gasteiger partial charge in [-0.25, -0.2) is 0 Å². The first-order chi connectivity index (χ1) is 13.3. The van der Waals surface area contributed by atoms with Crippen molar-refractivity contribution in [3.05, 3.63) is 12.2 Å². The maximum Gasteiger partial charge on any atom is 0.305 e. The molecule has 162 valence electrons. The standard InChI is InChI=1S/C23H40O5/c1-5-6-13-23(2,3)21(25)12-11-17-18-14-16(28-20(18)15-19(17)24)9-7-8-10-22(26)27-4/h11-12,16-21,24-25H,5-10,13-15H2,1-4H3/t16?,17-,18-,19-,20-,21-/m1/s1. The summed E-state index contributed by atoms with van der Waals surface area (Å²) in [7, 11) is 1.42. The minimum Gasteiger partial charge on any atom is -0.469 e. The van der Waals surface area contributed by atoms with Gasteiger partial charge < -0.3 is 19.7 Å². The van der Waals surface area contributed by atoms with Crippen molar-refractivity contribution < 1.29 is 24.5 Å². The van der Waals surface area contributed by atoms with Crippen LogP contribution in [-0.2, 0) is 14.3 Å². The van der Waals surface area contributed by atoms with E-state index in [2.05, 4.69) is 25.5 Å². The SMILES string of the molecule is CCCCC(C)(C)[C@H](O)C=C[C@@H]1[C@H]2CC(CCCCC(=O)OC)O[C@@H]2C[C@H]1O. The van der Waals surface area contributed by atoms with Gasteiger partial charge in [-0.05, 0) is 37.0 Å². The third kappa shape index (κ3) is 6.30. The Morgan fingerprint density at radius 3 is 2.71 bits per heavy atom. The van der Waals surface area contributed by atoms with Crippen molar-refractivity contribution in [2.45, 2.75) is 103 Å². The molecule has 2 N–H and O–H groups in total. The quantitative estimate of drug-likeness (QED) is 0.313. The molecule has 2 aliphatic rings. The largest absolute Gasteiger partial charge is 0.469 e. The van der Waals surface area contributed by atoms with Crippen LogP contribution in [0, 0.1) is 17.3 Å². The summed E-state index contributed by atoms with van der Waals surface area (Å²) in [5, 5.41) is 21.1. The minimum atomic E-state index is -0.498. The van der Waals surface area contributed by atoms with Crippen LogP contribution in [0.5, 0.6) is 0 Å². The van der Waals surface area contributed by atoms with E-state index in [0.29, 0.717) is 18.8 Å². The van der Waals surface area contributed by atoms with Gasteiger partial charge in [-0.2, -0.15) is 0 Å². The van der Waals surface area contributed by atoms with Crippen molar-refractivity contribution in [2.24, 2.45) is 17.3 Å². The molecule has 5 nitrogen and oxygen atoms in total. The maximum atomic E-state index is 11.2. The Hall–Kier alpha value is -0.910. The lowest BCUT2D eigenvalue weighted by atomic mass is 9.80. The topological polar surface area (TPSA) is 76.0 Å². The third-order valence-electron chi connectivity index (χ3n) is 6.67. The van der Waals surface area contributed by atoms with Gasteiger partial charge in [-0.3, -0.25) is 4.79 Å². The van der Waals surface area contributed by atoms with Crippen LogP contribution < -0.4 is 0 Å². The number of aliphatic hydroxyl groups excluding tert-OH is 2. The summed E-state index contributed by atoms with van der Waals surface area (Å²) in [6.45, 7) is 6.38. The molecule has 2 rings (SSSR count). The Balaban J connectivity index is 1.83. The molecule has 0 radical (unpaired) electrons. The highest BCUT2D eigenvalue weighted by Gasteiger charge is 2.47. The summed E-state index contributed by atoms with van der Waals surface area (Å²) in [5.74, 6) is 0.224. The molecule has 0 bridgehead atoms. The van der Waals surface area contributed by atoms with Crippen molar-refractivity contribution >= 4 is 5.97 Å². The Labute approximate surface area is 170 Å². The number of unbranched alkanes of at least 4 members (excludes halogenated alkanes) is 2. The molecule has 1 unspecified atom stereocenters. The van der Waals surface area contributed by atoms with E-state index in [1.807, 2.05) is 12.2 Å². The van der Waals surface area contributed by atoms with Crippen molar-refractivity contribution in [1.82, 2.24) is 0 Å². The van der Waals surface area contributed by atoms with Crippen LogP contribution in [0.4, 0.5) is 0 Å². The second-order valence-electron chi connectivity index (χ2n) is 9.32. The van der Waals surface area contributed by atoms with Crippen LogP contribution in [0.2, 0.25) is 0 Å².